The van der Waals surface area contributed by atoms with Gasteiger partial charge in [-0.25, -0.2) is 0 Å². The predicted molar refractivity (Wildman–Crippen MR) is 77.7 cm³/mol. The molecule has 1 amide bonds. The van der Waals surface area contributed by atoms with Crippen LogP contribution >= 0.6 is 31.9 Å². The van der Waals surface area contributed by atoms with Crippen LogP contribution in [0.1, 0.15) is 17.3 Å². The van der Waals surface area contributed by atoms with Crippen molar-refractivity contribution < 1.29 is 9.00 Å². The van der Waals surface area contributed by atoms with Crippen LogP contribution in [0.2, 0.25) is 0 Å². The van der Waals surface area contributed by atoms with Gasteiger partial charge in [-0.1, -0.05) is 31.9 Å². The van der Waals surface area contributed by atoms with Gasteiger partial charge in [0.25, 0.3) is 5.91 Å². The van der Waals surface area contributed by atoms with E-state index < -0.39 is 10.8 Å². The third-order valence-electron chi connectivity index (χ3n) is 1.99. The third-order valence-corrected chi connectivity index (χ3v) is 3.87. The molecule has 2 atom stereocenters. The van der Waals surface area contributed by atoms with Crippen LogP contribution in [0.4, 0.5) is 0 Å². The molecule has 1 aromatic rings. The van der Waals surface area contributed by atoms with E-state index in [1.165, 1.54) is 0 Å². The van der Waals surface area contributed by atoms with E-state index in [2.05, 4.69) is 37.2 Å². The minimum atomic E-state index is -0.911. The SMILES string of the molecule is CC(CS(C)=O)NC(=O)c1cc(Br)cc(Br)c1. The van der Waals surface area contributed by atoms with Crippen molar-refractivity contribution in [1.82, 2.24) is 5.32 Å². The molecule has 0 aliphatic rings. The van der Waals surface area contributed by atoms with Crippen LogP contribution < -0.4 is 5.32 Å². The lowest BCUT2D eigenvalue weighted by Crippen LogP contribution is -2.36. The van der Waals surface area contributed by atoms with Gasteiger partial charge in [-0.15, -0.1) is 0 Å². The van der Waals surface area contributed by atoms with Crippen molar-refractivity contribution in [2.75, 3.05) is 12.0 Å². The molecule has 1 rings (SSSR count). The summed E-state index contributed by atoms with van der Waals surface area (Å²) in [5.74, 6) is 0.297. The third kappa shape index (κ3) is 5.31. The maximum absolute atomic E-state index is 11.9. The monoisotopic (exact) mass is 381 g/mol. The Hall–Kier alpha value is -0.200. The average molecular weight is 383 g/mol. The number of benzene rings is 1. The Bertz CT molecular complexity index is 431. The largest absolute Gasteiger partial charge is 0.349 e. The number of rotatable bonds is 4. The zero-order valence-corrected chi connectivity index (χ0v) is 13.5. The Labute approximate surface area is 120 Å². The van der Waals surface area contributed by atoms with E-state index >= 15 is 0 Å². The highest BCUT2D eigenvalue weighted by Gasteiger charge is 2.11. The maximum atomic E-state index is 11.9. The molecule has 0 fully saturated rings. The molecule has 0 spiro atoms. The highest BCUT2D eigenvalue weighted by Crippen LogP contribution is 2.20. The van der Waals surface area contributed by atoms with E-state index in [0.29, 0.717) is 11.3 Å². The van der Waals surface area contributed by atoms with Gasteiger partial charge >= 0.3 is 0 Å². The lowest BCUT2D eigenvalue weighted by atomic mass is 10.2. The summed E-state index contributed by atoms with van der Waals surface area (Å²) >= 11 is 6.66. The zero-order chi connectivity index (χ0) is 13.0. The van der Waals surface area contributed by atoms with E-state index in [-0.39, 0.29) is 11.9 Å². The average Bonchev–Trinajstić information content (AvgIpc) is 2.14. The Morgan fingerprint density at radius 3 is 2.35 bits per heavy atom. The van der Waals surface area contributed by atoms with Crippen LogP contribution in [0.25, 0.3) is 0 Å². The van der Waals surface area contributed by atoms with E-state index in [1.807, 2.05) is 13.0 Å². The first-order chi connectivity index (χ1) is 7.88. The van der Waals surface area contributed by atoms with Gasteiger partial charge in [0.15, 0.2) is 0 Å². The molecule has 17 heavy (non-hydrogen) atoms. The van der Waals surface area contributed by atoms with Crippen LogP contribution in [0, 0.1) is 0 Å². The molecule has 0 aliphatic carbocycles. The number of carbonyl (C=O) groups is 1. The summed E-state index contributed by atoms with van der Waals surface area (Å²) in [5.41, 5.74) is 0.569. The zero-order valence-electron chi connectivity index (χ0n) is 9.50. The molecule has 1 N–H and O–H groups in total. The molecule has 2 unspecified atom stereocenters. The van der Waals surface area contributed by atoms with Crippen LogP contribution in [0.5, 0.6) is 0 Å². The minimum absolute atomic E-state index is 0.105. The van der Waals surface area contributed by atoms with Gasteiger partial charge in [0, 0.05) is 43.4 Å². The molecule has 0 bridgehead atoms. The number of carbonyl (C=O) groups excluding carboxylic acids is 1. The summed E-state index contributed by atoms with van der Waals surface area (Å²) < 4.78 is 12.7. The number of hydrogen-bond donors (Lipinski definition) is 1. The predicted octanol–water partition coefficient (Wildman–Crippen LogP) is 2.71. The fraction of sp³-hybridized carbons (Fsp3) is 0.364. The second-order valence-electron chi connectivity index (χ2n) is 3.77. The molecular weight excluding hydrogens is 370 g/mol. The van der Waals surface area contributed by atoms with Crippen molar-refractivity contribution in [3.8, 4) is 0 Å². The molecule has 1 aromatic carbocycles. The molecular formula is C11H13Br2NO2S. The highest BCUT2D eigenvalue weighted by atomic mass is 79.9. The molecule has 6 heteroatoms. The molecule has 0 aromatic heterocycles. The molecule has 0 aliphatic heterocycles. The molecule has 3 nitrogen and oxygen atoms in total. The molecule has 0 radical (unpaired) electrons. The van der Waals surface area contributed by atoms with Crippen molar-refractivity contribution in [3.05, 3.63) is 32.7 Å². The molecule has 0 heterocycles. The van der Waals surface area contributed by atoms with Crippen LogP contribution in [-0.2, 0) is 10.8 Å². The van der Waals surface area contributed by atoms with E-state index in [9.17, 15) is 9.00 Å². The Balaban J connectivity index is 2.72. The van der Waals surface area contributed by atoms with Gasteiger partial charge in [0.1, 0.15) is 0 Å². The highest BCUT2D eigenvalue weighted by molar-refractivity contribution is 9.11. The van der Waals surface area contributed by atoms with E-state index in [1.54, 1.807) is 18.4 Å². The number of hydrogen-bond acceptors (Lipinski definition) is 2. The lowest BCUT2D eigenvalue weighted by Gasteiger charge is -2.12. The van der Waals surface area contributed by atoms with Crippen LogP contribution in [0.3, 0.4) is 0 Å². The summed E-state index contributed by atoms with van der Waals surface area (Å²) in [6, 6.07) is 5.25. The second kappa shape index (κ2) is 6.66. The fourth-order valence-electron chi connectivity index (χ4n) is 1.39. The standard InChI is InChI=1S/C11H13Br2NO2S/c1-7(6-17(2)16)14-11(15)8-3-9(12)5-10(13)4-8/h3-5,7H,6H2,1-2H3,(H,14,15). The molecule has 0 saturated carbocycles. The van der Waals surface area contributed by atoms with E-state index in [4.69, 9.17) is 0 Å². The minimum Gasteiger partial charge on any atom is -0.349 e. The van der Waals surface area contributed by atoms with Gasteiger partial charge in [0.2, 0.25) is 0 Å². The summed E-state index contributed by atoms with van der Waals surface area (Å²) in [5, 5.41) is 2.81. The smallest absolute Gasteiger partial charge is 0.251 e. The van der Waals surface area contributed by atoms with Crippen LogP contribution in [0.15, 0.2) is 27.1 Å². The van der Waals surface area contributed by atoms with Gasteiger partial charge in [-0.2, -0.15) is 0 Å². The van der Waals surface area contributed by atoms with Gasteiger partial charge in [-0.05, 0) is 25.1 Å². The lowest BCUT2D eigenvalue weighted by molar-refractivity contribution is 0.0943. The Morgan fingerprint density at radius 2 is 1.88 bits per heavy atom. The summed E-state index contributed by atoms with van der Waals surface area (Å²) in [7, 11) is -0.911. The molecule has 0 saturated heterocycles. The number of nitrogens with one attached hydrogen (secondary N) is 1. The number of halogens is 2. The van der Waals surface area contributed by atoms with E-state index in [0.717, 1.165) is 8.95 Å². The van der Waals surface area contributed by atoms with Crippen molar-refractivity contribution >= 4 is 48.6 Å². The van der Waals surface area contributed by atoms with Gasteiger partial charge < -0.3 is 5.32 Å². The fourth-order valence-corrected chi connectivity index (χ4v) is 3.47. The van der Waals surface area contributed by atoms with Gasteiger partial charge in [0.05, 0.1) is 0 Å². The molecule has 94 valence electrons. The van der Waals surface area contributed by atoms with Crippen molar-refractivity contribution in [1.29, 1.82) is 0 Å². The van der Waals surface area contributed by atoms with Crippen molar-refractivity contribution in [3.63, 3.8) is 0 Å². The van der Waals surface area contributed by atoms with Crippen molar-refractivity contribution in [2.24, 2.45) is 0 Å². The van der Waals surface area contributed by atoms with Crippen LogP contribution in [-0.4, -0.2) is 28.2 Å². The first-order valence-electron chi connectivity index (χ1n) is 4.95. The van der Waals surface area contributed by atoms with Crippen molar-refractivity contribution in [2.45, 2.75) is 13.0 Å². The summed E-state index contributed by atoms with van der Waals surface area (Å²) in [6.07, 6.45) is 1.62. The quantitative estimate of drug-likeness (QED) is 0.870. The summed E-state index contributed by atoms with van der Waals surface area (Å²) in [4.78, 5) is 11.9. The first-order valence-corrected chi connectivity index (χ1v) is 8.27. The second-order valence-corrected chi connectivity index (χ2v) is 7.08. The number of amides is 1. The normalized spacial score (nSPS) is 14.1. The Morgan fingerprint density at radius 1 is 1.35 bits per heavy atom. The topological polar surface area (TPSA) is 46.2 Å². The summed E-state index contributed by atoms with van der Waals surface area (Å²) in [6.45, 7) is 1.84. The maximum Gasteiger partial charge on any atom is 0.251 e. The van der Waals surface area contributed by atoms with Gasteiger partial charge in [-0.3, -0.25) is 9.00 Å². The first kappa shape index (κ1) is 14.9. The Kier molecular flexibility index (Phi) is 5.82.